The van der Waals surface area contributed by atoms with E-state index in [0.29, 0.717) is 21.8 Å². The number of aliphatic hydroxyl groups excluding tert-OH is 1. The number of carbonyl (C=O) groups is 1. The van der Waals surface area contributed by atoms with Gasteiger partial charge in [-0.25, -0.2) is 12.8 Å². The molecule has 0 aliphatic carbocycles. The fraction of sp³-hybridized carbons (Fsp3) is 0.174. The number of sulfonamides is 1. The lowest BCUT2D eigenvalue weighted by atomic mass is 10.1. The highest BCUT2D eigenvalue weighted by atomic mass is 35.5. The highest BCUT2D eigenvalue weighted by Crippen LogP contribution is 2.39. The number of benzene rings is 3. The Hall–Kier alpha value is -3.14. The van der Waals surface area contributed by atoms with Crippen LogP contribution in [0.1, 0.15) is 15.9 Å². The Morgan fingerprint density at radius 1 is 1.21 bits per heavy atom. The summed E-state index contributed by atoms with van der Waals surface area (Å²) in [6.45, 7) is 1.19. The molecule has 7 nitrogen and oxygen atoms in total. The summed E-state index contributed by atoms with van der Waals surface area (Å²) in [6, 6.07) is 14.1. The monoisotopic (exact) mass is 490 g/mol. The summed E-state index contributed by atoms with van der Waals surface area (Å²) in [4.78, 5) is 12.7. The molecule has 3 aromatic rings. The fourth-order valence-corrected chi connectivity index (χ4v) is 5.37. The molecule has 0 radical (unpaired) electrons. The van der Waals surface area contributed by atoms with Crippen LogP contribution in [0, 0.1) is 12.7 Å². The van der Waals surface area contributed by atoms with Gasteiger partial charge in [0.05, 0.1) is 34.3 Å². The third-order valence-corrected chi connectivity index (χ3v) is 7.31. The number of fused-ring (bicyclic) bond motifs is 1. The van der Waals surface area contributed by atoms with Gasteiger partial charge >= 0.3 is 0 Å². The average molecular weight is 491 g/mol. The number of anilines is 2. The summed E-state index contributed by atoms with van der Waals surface area (Å²) in [5.74, 6) is -0.793. The fourth-order valence-electron chi connectivity index (χ4n) is 3.56. The first kappa shape index (κ1) is 23.0. The van der Waals surface area contributed by atoms with Gasteiger partial charge in [-0.3, -0.25) is 9.10 Å². The van der Waals surface area contributed by atoms with Gasteiger partial charge in [0.2, 0.25) is 0 Å². The summed E-state index contributed by atoms with van der Waals surface area (Å²) >= 11 is 6.18. The molecule has 10 heteroatoms. The third-order valence-electron chi connectivity index (χ3n) is 5.20. The maximum Gasteiger partial charge on any atom is 0.264 e. The molecule has 4 rings (SSSR count). The molecule has 0 saturated carbocycles. The van der Waals surface area contributed by atoms with Crippen LogP contribution in [0.2, 0.25) is 5.02 Å². The van der Waals surface area contributed by atoms with Gasteiger partial charge in [-0.2, -0.15) is 0 Å². The molecule has 33 heavy (non-hydrogen) atoms. The van der Waals surface area contributed by atoms with E-state index in [1.54, 1.807) is 31.2 Å². The molecule has 3 aromatic carbocycles. The molecule has 1 aliphatic heterocycles. The third kappa shape index (κ3) is 4.52. The second kappa shape index (κ2) is 9.01. The first-order chi connectivity index (χ1) is 15.7. The number of amides is 1. The smallest absolute Gasteiger partial charge is 0.264 e. The number of nitrogens with one attached hydrogen (secondary N) is 1. The molecule has 1 heterocycles. The number of ether oxygens (including phenoxy) is 1. The van der Waals surface area contributed by atoms with Crippen molar-refractivity contribution in [1.29, 1.82) is 0 Å². The summed E-state index contributed by atoms with van der Waals surface area (Å²) < 4.78 is 46.8. The molecular weight excluding hydrogens is 471 g/mol. The lowest BCUT2D eigenvalue weighted by molar-refractivity contribution is 0.102. The Bertz CT molecular complexity index is 1290. The van der Waals surface area contributed by atoms with Crippen LogP contribution in [-0.4, -0.2) is 38.7 Å². The highest BCUT2D eigenvalue weighted by Gasteiger charge is 2.34. The van der Waals surface area contributed by atoms with Crippen LogP contribution in [-0.2, 0) is 10.0 Å². The zero-order valence-electron chi connectivity index (χ0n) is 17.5. The summed E-state index contributed by atoms with van der Waals surface area (Å²) in [6.07, 6.45) is -0.793. The molecule has 0 aromatic heterocycles. The summed E-state index contributed by atoms with van der Waals surface area (Å²) in [5, 5.41) is 12.6. The van der Waals surface area contributed by atoms with E-state index in [-0.39, 0.29) is 22.9 Å². The van der Waals surface area contributed by atoms with Crippen LogP contribution in [0.5, 0.6) is 5.75 Å². The summed E-state index contributed by atoms with van der Waals surface area (Å²) in [5.41, 5.74) is 1.50. The zero-order chi connectivity index (χ0) is 23.8. The number of aliphatic hydroxyl groups is 1. The van der Waals surface area contributed by atoms with Crippen LogP contribution in [0.3, 0.4) is 0 Å². The van der Waals surface area contributed by atoms with Crippen molar-refractivity contribution >= 4 is 38.9 Å². The molecule has 0 fully saturated rings. The molecule has 1 atom stereocenters. The number of rotatable bonds is 5. The minimum Gasteiger partial charge on any atom is -0.484 e. The van der Waals surface area contributed by atoms with E-state index < -0.39 is 34.5 Å². The van der Waals surface area contributed by atoms with Gasteiger partial charge < -0.3 is 15.2 Å². The van der Waals surface area contributed by atoms with Gasteiger partial charge in [0.1, 0.15) is 17.7 Å². The number of carbonyl (C=O) groups excluding carboxylic acids is 1. The van der Waals surface area contributed by atoms with Crippen LogP contribution < -0.4 is 14.4 Å². The summed E-state index contributed by atoms with van der Waals surface area (Å²) in [7, 11) is -4.10. The van der Waals surface area contributed by atoms with Crippen molar-refractivity contribution in [2.45, 2.75) is 17.9 Å². The Kier molecular flexibility index (Phi) is 6.29. The van der Waals surface area contributed by atoms with Crippen LogP contribution in [0.15, 0.2) is 65.6 Å². The zero-order valence-corrected chi connectivity index (χ0v) is 19.0. The topological polar surface area (TPSA) is 95.9 Å². The first-order valence-corrected chi connectivity index (χ1v) is 11.8. The van der Waals surface area contributed by atoms with Crippen molar-refractivity contribution < 1.29 is 27.4 Å². The van der Waals surface area contributed by atoms with Crippen molar-refractivity contribution in [1.82, 2.24) is 0 Å². The van der Waals surface area contributed by atoms with Gasteiger partial charge in [0.15, 0.2) is 0 Å². The van der Waals surface area contributed by atoms with Gasteiger partial charge in [-0.15, -0.1) is 0 Å². The number of hydrogen-bond acceptors (Lipinski definition) is 5. The average Bonchev–Trinajstić information content (AvgIpc) is 2.78. The molecule has 1 amide bonds. The van der Waals surface area contributed by atoms with Crippen molar-refractivity contribution in [3.8, 4) is 5.75 Å². The highest BCUT2D eigenvalue weighted by molar-refractivity contribution is 7.92. The molecule has 2 N–H and O–H groups in total. The minimum atomic E-state index is -4.10. The largest absolute Gasteiger partial charge is 0.484 e. The van der Waals surface area contributed by atoms with E-state index in [9.17, 15) is 22.7 Å². The Morgan fingerprint density at radius 2 is 1.94 bits per heavy atom. The van der Waals surface area contributed by atoms with E-state index in [1.165, 1.54) is 24.3 Å². The van der Waals surface area contributed by atoms with Crippen molar-refractivity contribution in [3.05, 3.63) is 82.6 Å². The maximum absolute atomic E-state index is 13.3. The van der Waals surface area contributed by atoms with E-state index in [4.69, 9.17) is 16.3 Å². The number of halogens is 2. The van der Waals surface area contributed by atoms with Gasteiger partial charge in [-0.1, -0.05) is 23.7 Å². The SMILES string of the molecule is Cc1cccc(Cl)c1C(=O)Nc1ccc2c(c1)N(S(=O)(=O)c1ccc(F)cc1)C[C@H](CO)O2. The molecular formula is C23H20ClFN2O5S. The predicted octanol–water partition coefficient (Wildman–Crippen LogP) is 3.99. The quantitative estimate of drug-likeness (QED) is 0.564. The predicted molar refractivity (Wildman–Crippen MR) is 123 cm³/mol. The Labute approximate surface area is 195 Å². The van der Waals surface area contributed by atoms with Crippen LogP contribution >= 0.6 is 11.6 Å². The lowest BCUT2D eigenvalue weighted by Crippen LogP contribution is -2.45. The molecule has 172 valence electrons. The normalized spacial score (nSPS) is 15.5. The Morgan fingerprint density at radius 3 is 2.61 bits per heavy atom. The van der Waals surface area contributed by atoms with Gasteiger partial charge in [0, 0.05) is 5.69 Å². The lowest BCUT2D eigenvalue weighted by Gasteiger charge is -2.35. The second-order valence-electron chi connectivity index (χ2n) is 7.48. The van der Waals surface area contributed by atoms with Crippen molar-refractivity contribution in [2.75, 3.05) is 22.8 Å². The van der Waals surface area contributed by atoms with Gasteiger partial charge in [0.25, 0.3) is 15.9 Å². The number of aryl methyl sites for hydroxylation is 1. The molecule has 0 bridgehead atoms. The Balaban J connectivity index is 1.72. The molecule has 1 aliphatic rings. The van der Waals surface area contributed by atoms with E-state index in [1.807, 2.05) is 0 Å². The minimum absolute atomic E-state index is 0.116. The van der Waals surface area contributed by atoms with Crippen molar-refractivity contribution in [2.24, 2.45) is 0 Å². The number of nitrogens with zero attached hydrogens (tertiary/aromatic N) is 1. The standard InChI is InChI=1S/C23H20ClFN2O5S/c1-14-3-2-4-19(24)22(14)23(29)26-16-7-10-21-20(11-16)27(12-17(13-28)32-21)33(30,31)18-8-5-15(25)6-9-18/h2-11,17,28H,12-13H2,1H3,(H,26,29)/t17-/m1/s1. The maximum atomic E-state index is 13.3. The van der Waals surface area contributed by atoms with Crippen LogP contribution in [0.25, 0.3) is 0 Å². The molecule has 0 saturated heterocycles. The van der Waals surface area contributed by atoms with Crippen molar-refractivity contribution in [3.63, 3.8) is 0 Å². The van der Waals surface area contributed by atoms with Crippen LogP contribution in [0.4, 0.5) is 15.8 Å². The molecule has 0 spiro atoms. The van der Waals surface area contributed by atoms with E-state index in [0.717, 1.165) is 16.4 Å². The first-order valence-electron chi connectivity index (χ1n) is 9.97. The second-order valence-corrected chi connectivity index (χ2v) is 9.75. The van der Waals surface area contributed by atoms with E-state index in [2.05, 4.69) is 5.32 Å². The molecule has 0 unspecified atom stereocenters. The number of hydrogen-bond donors (Lipinski definition) is 2. The van der Waals surface area contributed by atoms with Gasteiger partial charge in [-0.05, 0) is 61.0 Å². The van der Waals surface area contributed by atoms with E-state index >= 15 is 0 Å².